The fourth-order valence-electron chi connectivity index (χ4n) is 4.25. The third kappa shape index (κ3) is 3.47. The summed E-state index contributed by atoms with van der Waals surface area (Å²) in [5.74, 6) is -0.318. The first-order valence-corrected chi connectivity index (χ1v) is 14.4. The molecule has 2 aliphatic heterocycles. The van der Waals surface area contributed by atoms with E-state index in [1.807, 2.05) is 12.1 Å². The molecular formula is C25H21IO5S. The summed E-state index contributed by atoms with van der Waals surface area (Å²) in [6.45, 7) is 0.287. The maximum atomic E-state index is 12.6. The number of carbonyl (C=O) groups excluding carboxylic acids is 2. The molecule has 0 spiro atoms. The number of cyclic esters (lactones) is 1. The Morgan fingerprint density at radius 3 is 2.31 bits per heavy atom. The Morgan fingerprint density at radius 1 is 1.06 bits per heavy atom. The highest BCUT2D eigenvalue weighted by molar-refractivity contribution is 14.2. The van der Waals surface area contributed by atoms with Crippen LogP contribution in [0.4, 0.5) is 0 Å². The lowest BCUT2D eigenvalue weighted by Gasteiger charge is -2.32. The van der Waals surface area contributed by atoms with Gasteiger partial charge in [0.25, 0.3) is 0 Å². The van der Waals surface area contributed by atoms with Gasteiger partial charge in [-0.15, -0.1) is 7.20 Å². The van der Waals surface area contributed by atoms with E-state index < -0.39 is 25.2 Å². The Kier molecular flexibility index (Phi) is 5.63. The lowest BCUT2D eigenvalue weighted by Crippen LogP contribution is -2.23. The Balaban J connectivity index is 1.54. The van der Waals surface area contributed by atoms with Crippen molar-refractivity contribution in [3.8, 4) is 16.9 Å². The van der Waals surface area contributed by atoms with Gasteiger partial charge in [0.15, 0.2) is 0 Å². The van der Waals surface area contributed by atoms with Crippen molar-refractivity contribution in [2.24, 2.45) is 0 Å². The van der Waals surface area contributed by atoms with Gasteiger partial charge in [-0.2, -0.15) is 0 Å². The average molecular weight is 560 g/mol. The van der Waals surface area contributed by atoms with Gasteiger partial charge in [-0.25, -0.2) is 4.79 Å². The summed E-state index contributed by atoms with van der Waals surface area (Å²) in [6, 6.07) is 23.1. The van der Waals surface area contributed by atoms with Crippen molar-refractivity contribution in [1.82, 2.24) is 0 Å². The molecule has 1 fully saturated rings. The normalized spacial score (nSPS) is 18.9. The topological polar surface area (TPSA) is 61.8 Å². The average Bonchev–Trinajstić information content (AvgIpc) is 3.33. The second-order valence-electron chi connectivity index (χ2n) is 7.62. The van der Waals surface area contributed by atoms with Crippen molar-refractivity contribution in [2.75, 3.05) is 13.7 Å². The zero-order chi connectivity index (χ0) is 22.3. The van der Waals surface area contributed by atoms with Gasteiger partial charge < -0.3 is 14.2 Å². The van der Waals surface area contributed by atoms with Crippen LogP contribution < -0.4 is 4.74 Å². The van der Waals surface area contributed by atoms with Gasteiger partial charge in [0.2, 0.25) is 6.10 Å². The monoisotopic (exact) mass is 560 g/mol. The highest BCUT2D eigenvalue weighted by Gasteiger charge is 2.38. The van der Waals surface area contributed by atoms with E-state index in [2.05, 4.69) is 75.8 Å². The minimum Gasteiger partial charge on any atom is -0.496 e. The van der Waals surface area contributed by atoms with Crippen LogP contribution in [0.15, 0.2) is 81.4 Å². The molecule has 5 nitrogen and oxygen atoms in total. The minimum absolute atomic E-state index is 0.0241. The number of carbonyl (C=O) groups is 2. The van der Waals surface area contributed by atoms with Crippen molar-refractivity contribution in [3.05, 3.63) is 72.3 Å². The van der Waals surface area contributed by atoms with Gasteiger partial charge in [0.05, 0.1) is 20.1 Å². The zero-order valence-corrected chi connectivity index (χ0v) is 20.4. The largest absolute Gasteiger partial charge is 0.496 e. The molecule has 2 aliphatic rings. The SMILES string of the molecule is COc1ccc(S2(I)c3ccccc3-c3ccccc32)cc1CC(=O)OC1CCOC1=O. The molecule has 0 bridgehead atoms. The molecule has 0 saturated carbocycles. The molecule has 7 heteroatoms. The summed E-state index contributed by atoms with van der Waals surface area (Å²) >= 11 is 2.60. The Labute approximate surface area is 200 Å². The first kappa shape index (κ1) is 21.3. The van der Waals surface area contributed by atoms with Crippen molar-refractivity contribution in [3.63, 3.8) is 0 Å². The van der Waals surface area contributed by atoms with Crippen LogP contribution in [0.3, 0.4) is 0 Å². The minimum atomic E-state index is -1.53. The van der Waals surface area contributed by atoms with Crippen LogP contribution in [0.25, 0.3) is 11.1 Å². The molecular weight excluding hydrogens is 539 g/mol. The van der Waals surface area contributed by atoms with E-state index in [1.165, 1.54) is 20.9 Å². The van der Waals surface area contributed by atoms with Crippen molar-refractivity contribution < 1.29 is 23.8 Å². The fourth-order valence-corrected chi connectivity index (χ4v) is 10.2. The number of ether oxygens (including phenoxy) is 3. The number of fused-ring (bicyclic) bond motifs is 3. The fraction of sp³-hybridized carbons (Fsp3) is 0.200. The summed E-state index contributed by atoms with van der Waals surface area (Å²) in [7, 11) is 0.0610. The van der Waals surface area contributed by atoms with E-state index in [4.69, 9.17) is 14.2 Å². The molecule has 32 heavy (non-hydrogen) atoms. The molecule has 3 aromatic rings. The van der Waals surface area contributed by atoms with Crippen LogP contribution >= 0.6 is 28.4 Å². The van der Waals surface area contributed by atoms with Gasteiger partial charge in [-0.1, -0.05) is 36.4 Å². The summed E-state index contributed by atoms with van der Waals surface area (Å²) in [5, 5.41) is 0. The molecule has 0 N–H and O–H groups in total. The van der Waals surface area contributed by atoms with Gasteiger partial charge >= 0.3 is 11.9 Å². The molecule has 0 radical (unpaired) electrons. The standard InChI is InChI=1S/C25H21IO5S/c1-29-20-11-10-17(14-16(20)15-24(27)31-21-12-13-30-25(21)28)32(26)22-8-4-2-6-18(22)19-7-3-5-9-23(19)32/h2-11,14,21H,12-13,15H2,1H3. The second kappa shape index (κ2) is 8.44. The van der Waals surface area contributed by atoms with Crippen molar-refractivity contribution in [1.29, 1.82) is 0 Å². The van der Waals surface area contributed by atoms with E-state index in [0.717, 1.165) is 10.5 Å². The lowest BCUT2D eigenvalue weighted by atomic mass is 10.1. The summed E-state index contributed by atoms with van der Waals surface area (Å²) < 4.78 is 15.8. The van der Waals surface area contributed by atoms with Gasteiger partial charge in [-0.05, 0) is 62.7 Å². The third-order valence-corrected chi connectivity index (χ3v) is 12.9. The molecule has 1 unspecified atom stereocenters. The number of methoxy groups -OCH3 is 1. The number of hydrogen-bond donors (Lipinski definition) is 0. The van der Waals surface area contributed by atoms with Crippen LogP contribution in [0.2, 0.25) is 0 Å². The van der Waals surface area contributed by atoms with Gasteiger partial charge in [0, 0.05) is 26.7 Å². The first-order valence-electron chi connectivity index (χ1n) is 10.3. The van der Waals surface area contributed by atoms with Crippen LogP contribution in [-0.2, 0) is 25.5 Å². The third-order valence-electron chi connectivity index (χ3n) is 5.74. The molecule has 1 atom stereocenters. The predicted octanol–water partition coefficient (Wildman–Crippen LogP) is 5.71. The van der Waals surface area contributed by atoms with Crippen molar-refractivity contribution in [2.45, 2.75) is 33.6 Å². The predicted molar refractivity (Wildman–Crippen MR) is 130 cm³/mol. The quantitative estimate of drug-likeness (QED) is 0.296. The molecule has 0 aliphatic carbocycles. The summed E-state index contributed by atoms with van der Waals surface area (Å²) in [4.78, 5) is 28.0. The number of esters is 2. The van der Waals surface area contributed by atoms with E-state index in [-0.39, 0.29) is 13.0 Å². The highest BCUT2D eigenvalue weighted by atomic mass is 127. The number of hydrogen-bond acceptors (Lipinski definition) is 5. The van der Waals surface area contributed by atoms with Crippen molar-refractivity contribution >= 4 is 40.3 Å². The molecule has 2 heterocycles. The smallest absolute Gasteiger partial charge is 0.347 e. The van der Waals surface area contributed by atoms with Gasteiger partial charge in [0.1, 0.15) is 5.75 Å². The van der Waals surface area contributed by atoms with E-state index in [9.17, 15) is 9.59 Å². The van der Waals surface area contributed by atoms with Crippen LogP contribution in [0, 0.1) is 0 Å². The lowest BCUT2D eigenvalue weighted by molar-refractivity contribution is -0.159. The molecule has 5 rings (SSSR count). The Morgan fingerprint density at radius 2 is 1.72 bits per heavy atom. The molecule has 1 saturated heterocycles. The maximum Gasteiger partial charge on any atom is 0.347 e. The summed E-state index contributed by atoms with van der Waals surface area (Å²) in [6.07, 6.45) is -0.390. The number of benzene rings is 3. The molecule has 3 aromatic carbocycles. The zero-order valence-electron chi connectivity index (χ0n) is 17.4. The molecule has 0 amide bonds. The highest BCUT2D eigenvalue weighted by Crippen LogP contribution is 2.80. The number of halogens is 1. The van der Waals surface area contributed by atoms with Crippen LogP contribution in [0.1, 0.15) is 12.0 Å². The second-order valence-corrected chi connectivity index (χ2v) is 14.0. The number of rotatable bonds is 5. The van der Waals surface area contributed by atoms with E-state index in [1.54, 1.807) is 7.11 Å². The molecule has 164 valence electrons. The Bertz CT molecular complexity index is 1180. The first-order chi connectivity index (χ1) is 15.5. The Hall–Kier alpha value is -2.52. The van der Waals surface area contributed by atoms with E-state index >= 15 is 0 Å². The molecule has 0 aromatic heterocycles. The van der Waals surface area contributed by atoms with Gasteiger partial charge in [-0.3, -0.25) is 4.79 Å². The maximum absolute atomic E-state index is 12.6. The van der Waals surface area contributed by atoms with Crippen LogP contribution in [-0.4, -0.2) is 31.8 Å². The van der Waals surface area contributed by atoms with Crippen LogP contribution in [0.5, 0.6) is 5.75 Å². The summed E-state index contributed by atoms with van der Waals surface area (Å²) in [5.41, 5.74) is 3.25. The van der Waals surface area contributed by atoms with E-state index in [0.29, 0.717) is 12.2 Å².